The summed E-state index contributed by atoms with van der Waals surface area (Å²) in [6.07, 6.45) is 1.99. The number of nitrogens with one attached hydrogen (secondary N) is 1. The third-order valence-corrected chi connectivity index (χ3v) is 3.84. The summed E-state index contributed by atoms with van der Waals surface area (Å²) in [4.78, 5) is 28.3. The summed E-state index contributed by atoms with van der Waals surface area (Å²) >= 11 is 0. The molecule has 1 amide bonds. The number of unbranched alkanes of at least 4 members (excludes halogenated alkanes) is 1. The third-order valence-electron chi connectivity index (χ3n) is 3.84. The van der Waals surface area contributed by atoms with E-state index in [2.05, 4.69) is 15.5 Å². The lowest BCUT2D eigenvalue weighted by atomic mass is 10.0. The first-order valence-corrected chi connectivity index (χ1v) is 8.15. The molecule has 7 nitrogen and oxygen atoms in total. The van der Waals surface area contributed by atoms with Crippen molar-refractivity contribution in [1.82, 2.24) is 15.5 Å². The van der Waals surface area contributed by atoms with Gasteiger partial charge in [-0.15, -0.1) is 0 Å². The van der Waals surface area contributed by atoms with E-state index in [1.54, 1.807) is 13.0 Å². The zero-order chi connectivity index (χ0) is 17.9. The highest BCUT2D eigenvalue weighted by Crippen LogP contribution is 2.27. The SMILES string of the molecule is CCCC[C@H](NC(=O)c1cc(C)nc2onc(C(C)C)c12)C(=O)O. The van der Waals surface area contributed by atoms with E-state index in [0.717, 1.165) is 12.8 Å². The van der Waals surface area contributed by atoms with Crippen molar-refractivity contribution >= 4 is 23.0 Å². The number of carbonyl (C=O) groups is 2. The lowest BCUT2D eigenvalue weighted by Gasteiger charge is -2.15. The maximum atomic E-state index is 12.7. The summed E-state index contributed by atoms with van der Waals surface area (Å²) in [6, 6.07) is 0.725. The van der Waals surface area contributed by atoms with E-state index in [1.165, 1.54) is 0 Å². The molecule has 0 aliphatic carbocycles. The van der Waals surface area contributed by atoms with E-state index < -0.39 is 17.9 Å². The van der Waals surface area contributed by atoms with Crippen LogP contribution in [0.25, 0.3) is 11.1 Å². The average molecular weight is 333 g/mol. The normalized spacial score (nSPS) is 12.5. The van der Waals surface area contributed by atoms with Crippen LogP contribution in [0, 0.1) is 6.92 Å². The van der Waals surface area contributed by atoms with Crippen molar-refractivity contribution in [3.63, 3.8) is 0 Å². The maximum Gasteiger partial charge on any atom is 0.326 e. The van der Waals surface area contributed by atoms with Crippen LogP contribution in [-0.4, -0.2) is 33.2 Å². The molecule has 0 saturated heterocycles. The third kappa shape index (κ3) is 3.72. The van der Waals surface area contributed by atoms with E-state index in [0.29, 0.717) is 34.5 Å². The topological polar surface area (TPSA) is 105 Å². The van der Waals surface area contributed by atoms with Crippen molar-refractivity contribution in [1.29, 1.82) is 0 Å². The molecule has 0 fully saturated rings. The molecule has 0 saturated carbocycles. The highest BCUT2D eigenvalue weighted by atomic mass is 16.5. The molecule has 2 heterocycles. The number of amides is 1. The Morgan fingerprint density at radius 1 is 1.38 bits per heavy atom. The number of aliphatic carboxylic acids is 1. The molecule has 0 radical (unpaired) electrons. The van der Waals surface area contributed by atoms with Gasteiger partial charge >= 0.3 is 5.97 Å². The van der Waals surface area contributed by atoms with Gasteiger partial charge in [-0.3, -0.25) is 4.79 Å². The van der Waals surface area contributed by atoms with Gasteiger partial charge in [0.05, 0.1) is 16.6 Å². The lowest BCUT2D eigenvalue weighted by Crippen LogP contribution is -2.40. The Balaban J connectivity index is 2.41. The Morgan fingerprint density at radius 3 is 2.67 bits per heavy atom. The fourth-order valence-corrected chi connectivity index (χ4v) is 2.57. The summed E-state index contributed by atoms with van der Waals surface area (Å²) in [5.41, 5.74) is 1.90. The highest BCUT2D eigenvalue weighted by molar-refractivity contribution is 6.07. The van der Waals surface area contributed by atoms with Gasteiger partial charge in [-0.25, -0.2) is 9.78 Å². The van der Waals surface area contributed by atoms with E-state index in [4.69, 9.17) is 4.52 Å². The minimum atomic E-state index is -1.03. The lowest BCUT2D eigenvalue weighted by molar-refractivity contribution is -0.139. The number of carboxylic acid groups (broad SMARTS) is 1. The Bertz CT molecular complexity index is 752. The van der Waals surface area contributed by atoms with Crippen molar-refractivity contribution in [2.75, 3.05) is 0 Å². The van der Waals surface area contributed by atoms with Crippen LogP contribution < -0.4 is 5.32 Å². The van der Waals surface area contributed by atoms with Gasteiger partial charge < -0.3 is 14.9 Å². The molecule has 2 aromatic heterocycles. The second-order valence-electron chi connectivity index (χ2n) is 6.22. The minimum absolute atomic E-state index is 0.0534. The molecule has 0 aliphatic heterocycles. The van der Waals surface area contributed by atoms with Crippen LogP contribution in [0.5, 0.6) is 0 Å². The Morgan fingerprint density at radius 2 is 2.08 bits per heavy atom. The van der Waals surface area contributed by atoms with Crippen LogP contribution in [0.1, 0.15) is 67.7 Å². The molecule has 0 aromatic carbocycles. The first kappa shape index (κ1) is 17.9. The van der Waals surface area contributed by atoms with Crippen LogP contribution in [0.15, 0.2) is 10.6 Å². The predicted molar refractivity (Wildman–Crippen MR) is 89.0 cm³/mol. The van der Waals surface area contributed by atoms with Crippen molar-refractivity contribution in [3.05, 3.63) is 23.0 Å². The Kier molecular flexibility index (Phi) is 5.54. The standard InChI is InChI=1S/C17H23N3O4/c1-5-6-7-12(17(22)23)19-15(21)11-8-10(4)18-16-13(11)14(9(2)3)20-24-16/h8-9,12H,5-7H2,1-4H3,(H,19,21)(H,22,23)/t12-/m0/s1. The van der Waals surface area contributed by atoms with Gasteiger partial charge in [0.2, 0.25) is 0 Å². The molecule has 0 spiro atoms. The number of nitrogens with zero attached hydrogens (tertiary/aromatic N) is 2. The molecule has 1 atom stereocenters. The average Bonchev–Trinajstić information content (AvgIpc) is 2.93. The van der Waals surface area contributed by atoms with Crippen LogP contribution in [0.2, 0.25) is 0 Å². The van der Waals surface area contributed by atoms with Gasteiger partial charge in [0.25, 0.3) is 11.6 Å². The van der Waals surface area contributed by atoms with Crippen LogP contribution in [-0.2, 0) is 4.79 Å². The quantitative estimate of drug-likeness (QED) is 0.807. The second-order valence-corrected chi connectivity index (χ2v) is 6.22. The molecule has 0 bridgehead atoms. The van der Waals surface area contributed by atoms with Gasteiger partial charge in [0, 0.05) is 5.69 Å². The summed E-state index contributed by atoms with van der Waals surface area (Å²) < 4.78 is 5.24. The van der Waals surface area contributed by atoms with Crippen molar-refractivity contribution in [2.45, 2.75) is 58.9 Å². The summed E-state index contributed by atoms with van der Waals surface area (Å²) in [6.45, 7) is 7.61. The Hall–Kier alpha value is -2.44. The van der Waals surface area contributed by atoms with E-state index in [1.807, 2.05) is 20.8 Å². The van der Waals surface area contributed by atoms with E-state index >= 15 is 0 Å². The zero-order valence-electron chi connectivity index (χ0n) is 14.4. The molecular weight excluding hydrogens is 310 g/mol. The number of aromatic nitrogens is 2. The van der Waals surface area contributed by atoms with Gasteiger partial charge in [-0.2, -0.15) is 0 Å². The second kappa shape index (κ2) is 7.42. The fourth-order valence-electron chi connectivity index (χ4n) is 2.57. The van der Waals surface area contributed by atoms with E-state index in [9.17, 15) is 14.7 Å². The molecule has 2 N–H and O–H groups in total. The maximum absolute atomic E-state index is 12.7. The molecule has 24 heavy (non-hydrogen) atoms. The fraction of sp³-hybridized carbons (Fsp3) is 0.529. The van der Waals surface area contributed by atoms with Gasteiger partial charge in [-0.1, -0.05) is 38.8 Å². The molecule has 0 aliphatic rings. The molecule has 7 heteroatoms. The number of carboxylic acids is 1. The molecular formula is C17H23N3O4. The first-order chi connectivity index (χ1) is 11.3. The van der Waals surface area contributed by atoms with Crippen LogP contribution in [0.3, 0.4) is 0 Å². The summed E-state index contributed by atoms with van der Waals surface area (Å²) in [5.74, 6) is -1.43. The number of hydrogen-bond acceptors (Lipinski definition) is 5. The number of rotatable bonds is 7. The molecule has 130 valence electrons. The van der Waals surface area contributed by atoms with E-state index in [-0.39, 0.29) is 5.92 Å². The number of hydrogen-bond donors (Lipinski definition) is 2. The van der Waals surface area contributed by atoms with Crippen molar-refractivity contribution in [2.24, 2.45) is 0 Å². The zero-order valence-corrected chi connectivity index (χ0v) is 14.4. The smallest absolute Gasteiger partial charge is 0.326 e. The largest absolute Gasteiger partial charge is 0.480 e. The summed E-state index contributed by atoms with van der Waals surface area (Å²) in [5, 5.41) is 16.5. The van der Waals surface area contributed by atoms with Gasteiger partial charge in [0.15, 0.2) is 0 Å². The number of aryl methyl sites for hydroxylation is 1. The minimum Gasteiger partial charge on any atom is -0.480 e. The monoisotopic (exact) mass is 333 g/mol. The van der Waals surface area contributed by atoms with Gasteiger partial charge in [-0.05, 0) is 25.3 Å². The highest BCUT2D eigenvalue weighted by Gasteiger charge is 2.25. The molecule has 2 aromatic rings. The van der Waals surface area contributed by atoms with Crippen molar-refractivity contribution < 1.29 is 19.2 Å². The number of pyridine rings is 1. The Labute approximate surface area is 140 Å². The number of carbonyl (C=O) groups excluding carboxylic acids is 1. The van der Waals surface area contributed by atoms with Crippen molar-refractivity contribution in [3.8, 4) is 0 Å². The molecule has 2 rings (SSSR count). The van der Waals surface area contributed by atoms with Crippen LogP contribution >= 0.6 is 0 Å². The molecule has 0 unspecified atom stereocenters. The number of fused-ring (bicyclic) bond motifs is 1. The van der Waals surface area contributed by atoms with Crippen LogP contribution in [0.4, 0.5) is 0 Å². The van der Waals surface area contributed by atoms with Gasteiger partial charge in [0.1, 0.15) is 6.04 Å². The first-order valence-electron chi connectivity index (χ1n) is 8.15. The summed E-state index contributed by atoms with van der Waals surface area (Å²) in [7, 11) is 0. The predicted octanol–water partition coefficient (Wildman–Crippen LogP) is 3.03.